The van der Waals surface area contributed by atoms with Gasteiger partial charge in [-0.3, -0.25) is 0 Å². The molecule has 1 unspecified atom stereocenters. The number of likely N-dealkylation sites (N-methyl/N-ethyl adjacent to an activating group) is 1. The van der Waals surface area contributed by atoms with Crippen molar-refractivity contribution >= 4 is 0 Å². The van der Waals surface area contributed by atoms with Crippen molar-refractivity contribution in [1.29, 1.82) is 0 Å². The van der Waals surface area contributed by atoms with E-state index in [4.69, 9.17) is 9.15 Å². The lowest BCUT2D eigenvalue weighted by atomic mass is 10.1. The summed E-state index contributed by atoms with van der Waals surface area (Å²) in [6, 6.07) is 4.24. The fourth-order valence-corrected chi connectivity index (χ4v) is 1.50. The van der Waals surface area contributed by atoms with E-state index in [0.717, 1.165) is 18.7 Å². The van der Waals surface area contributed by atoms with E-state index in [2.05, 4.69) is 33.0 Å². The van der Waals surface area contributed by atoms with Crippen LogP contribution in [0.4, 0.5) is 0 Å². The second-order valence-corrected chi connectivity index (χ2v) is 4.96. The standard InChI is InChI=1S/C13H23NO2/c1-5-14-11(10-16-13(2,3)4)9-12-7-6-8-15-12/h6-8,11,14H,5,9-10H2,1-4H3. The Kier molecular flexibility index (Phi) is 5.03. The molecule has 0 fully saturated rings. The van der Waals surface area contributed by atoms with E-state index >= 15 is 0 Å². The molecule has 0 saturated carbocycles. The molecule has 0 bridgehead atoms. The first kappa shape index (κ1) is 13.3. The number of nitrogens with one attached hydrogen (secondary N) is 1. The van der Waals surface area contributed by atoms with Gasteiger partial charge >= 0.3 is 0 Å². The fourth-order valence-electron chi connectivity index (χ4n) is 1.50. The molecule has 0 aliphatic rings. The Labute approximate surface area is 98.2 Å². The topological polar surface area (TPSA) is 34.4 Å². The van der Waals surface area contributed by atoms with Crippen LogP contribution in [0, 0.1) is 0 Å². The Bertz CT molecular complexity index is 275. The minimum atomic E-state index is -0.0865. The third kappa shape index (κ3) is 5.33. The molecule has 1 aromatic heterocycles. The average Bonchev–Trinajstić information content (AvgIpc) is 2.66. The van der Waals surface area contributed by atoms with Crippen LogP contribution in [-0.2, 0) is 11.2 Å². The van der Waals surface area contributed by atoms with Crippen molar-refractivity contribution in [2.45, 2.75) is 45.8 Å². The summed E-state index contributed by atoms with van der Waals surface area (Å²) in [5.74, 6) is 1.00. The molecule has 3 nitrogen and oxygen atoms in total. The van der Waals surface area contributed by atoms with Gasteiger partial charge in [-0.2, -0.15) is 0 Å². The van der Waals surface area contributed by atoms with Gasteiger partial charge in [0.15, 0.2) is 0 Å². The Morgan fingerprint density at radius 1 is 1.44 bits per heavy atom. The predicted molar refractivity (Wildman–Crippen MR) is 65.6 cm³/mol. The lowest BCUT2D eigenvalue weighted by molar-refractivity contribution is -0.0147. The Morgan fingerprint density at radius 2 is 2.19 bits per heavy atom. The zero-order valence-electron chi connectivity index (χ0n) is 10.7. The lowest BCUT2D eigenvalue weighted by Crippen LogP contribution is -2.38. The highest BCUT2D eigenvalue weighted by Gasteiger charge is 2.16. The minimum absolute atomic E-state index is 0.0865. The SMILES string of the molecule is CCNC(COC(C)(C)C)Cc1ccco1. The average molecular weight is 225 g/mol. The maximum absolute atomic E-state index is 5.79. The van der Waals surface area contributed by atoms with Gasteiger partial charge in [0.1, 0.15) is 5.76 Å². The zero-order chi connectivity index (χ0) is 12.0. The zero-order valence-corrected chi connectivity index (χ0v) is 10.7. The van der Waals surface area contributed by atoms with E-state index in [1.165, 1.54) is 0 Å². The smallest absolute Gasteiger partial charge is 0.105 e. The highest BCUT2D eigenvalue weighted by Crippen LogP contribution is 2.10. The first-order valence-electron chi connectivity index (χ1n) is 5.91. The van der Waals surface area contributed by atoms with Crippen LogP contribution < -0.4 is 5.32 Å². The third-order valence-electron chi connectivity index (χ3n) is 2.24. The molecule has 0 aliphatic heterocycles. The van der Waals surface area contributed by atoms with Crippen LogP contribution in [0.25, 0.3) is 0 Å². The summed E-state index contributed by atoms with van der Waals surface area (Å²) >= 11 is 0. The number of hydrogen-bond donors (Lipinski definition) is 1. The maximum Gasteiger partial charge on any atom is 0.105 e. The summed E-state index contributed by atoms with van der Waals surface area (Å²) in [6.07, 6.45) is 2.58. The van der Waals surface area contributed by atoms with Crippen molar-refractivity contribution in [2.24, 2.45) is 0 Å². The van der Waals surface area contributed by atoms with E-state index in [-0.39, 0.29) is 5.60 Å². The molecule has 92 valence electrons. The monoisotopic (exact) mass is 225 g/mol. The molecule has 0 saturated heterocycles. The van der Waals surface area contributed by atoms with Gasteiger partial charge in [0, 0.05) is 12.5 Å². The Morgan fingerprint density at radius 3 is 2.69 bits per heavy atom. The van der Waals surface area contributed by atoms with E-state index in [1.807, 2.05) is 12.1 Å². The van der Waals surface area contributed by atoms with Gasteiger partial charge in [0.2, 0.25) is 0 Å². The molecular formula is C13H23NO2. The maximum atomic E-state index is 5.79. The summed E-state index contributed by atoms with van der Waals surface area (Å²) in [6.45, 7) is 9.97. The van der Waals surface area contributed by atoms with Crippen LogP contribution >= 0.6 is 0 Å². The summed E-state index contributed by atoms with van der Waals surface area (Å²) in [5, 5.41) is 3.41. The second-order valence-electron chi connectivity index (χ2n) is 4.96. The van der Waals surface area contributed by atoms with Gasteiger partial charge in [0.25, 0.3) is 0 Å². The molecule has 0 spiro atoms. The van der Waals surface area contributed by atoms with E-state index < -0.39 is 0 Å². The van der Waals surface area contributed by atoms with Crippen molar-refractivity contribution in [1.82, 2.24) is 5.32 Å². The predicted octanol–water partition coefficient (Wildman–Crippen LogP) is 2.62. The molecule has 0 aliphatic carbocycles. The lowest BCUT2D eigenvalue weighted by Gasteiger charge is -2.24. The Hall–Kier alpha value is -0.800. The molecule has 16 heavy (non-hydrogen) atoms. The summed E-state index contributed by atoms with van der Waals surface area (Å²) in [7, 11) is 0. The second kappa shape index (κ2) is 6.06. The molecular weight excluding hydrogens is 202 g/mol. The molecule has 1 atom stereocenters. The van der Waals surface area contributed by atoms with Gasteiger partial charge in [-0.15, -0.1) is 0 Å². The van der Waals surface area contributed by atoms with Gasteiger partial charge in [-0.05, 0) is 39.4 Å². The van der Waals surface area contributed by atoms with Crippen LogP contribution in [0.15, 0.2) is 22.8 Å². The van der Waals surface area contributed by atoms with Crippen LogP contribution in [-0.4, -0.2) is 24.8 Å². The number of furan rings is 1. The number of rotatable bonds is 6. The quantitative estimate of drug-likeness (QED) is 0.808. The molecule has 1 rings (SSSR count). The summed E-state index contributed by atoms with van der Waals surface area (Å²) < 4.78 is 11.1. The van der Waals surface area contributed by atoms with Crippen LogP contribution in [0.3, 0.4) is 0 Å². The van der Waals surface area contributed by atoms with Gasteiger partial charge in [0.05, 0.1) is 18.5 Å². The highest BCUT2D eigenvalue weighted by atomic mass is 16.5. The van der Waals surface area contributed by atoms with Crippen LogP contribution in [0.2, 0.25) is 0 Å². The first-order chi connectivity index (χ1) is 7.51. The van der Waals surface area contributed by atoms with E-state index in [0.29, 0.717) is 12.6 Å². The van der Waals surface area contributed by atoms with Crippen LogP contribution in [0.5, 0.6) is 0 Å². The molecule has 1 aromatic rings. The largest absolute Gasteiger partial charge is 0.469 e. The van der Waals surface area contributed by atoms with Crippen LogP contribution in [0.1, 0.15) is 33.5 Å². The highest BCUT2D eigenvalue weighted by molar-refractivity contribution is 5.00. The summed E-state index contributed by atoms with van der Waals surface area (Å²) in [5.41, 5.74) is -0.0865. The number of hydrogen-bond acceptors (Lipinski definition) is 3. The number of ether oxygens (including phenoxy) is 1. The molecule has 1 heterocycles. The molecule has 0 aromatic carbocycles. The Balaban J connectivity index is 2.41. The molecule has 0 amide bonds. The molecule has 3 heteroatoms. The van der Waals surface area contributed by atoms with Crippen molar-refractivity contribution in [3.8, 4) is 0 Å². The van der Waals surface area contributed by atoms with Gasteiger partial charge in [-0.1, -0.05) is 6.92 Å². The van der Waals surface area contributed by atoms with Crippen molar-refractivity contribution in [3.63, 3.8) is 0 Å². The third-order valence-corrected chi connectivity index (χ3v) is 2.24. The molecule has 0 radical (unpaired) electrons. The van der Waals surface area contributed by atoms with Gasteiger partial charge < -0.3 is 14.5 Å². The fraction of sp³-hybridized carbons (Fsp3) is 0.692. The summed E-state index contributed by atoms with van der Waals surface area (Å²) in [4.78, 5) is 0. The minimum Gasteiger partial charge on any atom is -0.469 e. The van der Waals surface area contributed by atoms with Crippen molar-refractivity contribution < 1.29 is 9.15 Å². The van der Waals surface area contributed by atoms with E-state index in [1.54, 1.807) is 6.26 Å². The first-order valence-corrected chi connectivity index (χ1v) is 5.91. The van der Waals surface area contributed by atoms with Crippen molar-refractivity contribution in [2.75, 3.05) is 13.2 Å². The van der Waals surface area contributed by atoms with Crippen molar-refractivity contribution in [3.05, 3.63) is 24.2 Å². The van der Waals surface area contributed by atoms with Gasteiger partial charge in [-0.25, -0.2) is 0 Å². The normalized spacial score (nSPS) is 14.0. The van der Waals surface area contributed by atoms with E-state index in [9.17, 15) is 0 Å². The molecule has 1 N–H and O–H groups in total.